The first-order valence-corrected chi connectivity index (χ1v) is 6.04. The van der Waals surface area contributed by atoms with E-state index >= 15 is 0 Å². The van der Waals surface area contributed by atoms with Gasteiger partial charge in [0.25, 0.3) is 0 Å². The van der Waals surface area contributed by atoms with E-state index in [4.69, 9.17) is 5.73 Å². The largest absolute Gasteiger partial charge is 0.326 e. The molecule has 2 rings (SSSR count). The van der Waals surface area contributed by atoms with Crippen molar-refractivity contribution < 1.29 is 0 Å². The molecule has 0 radical (unpaired) electrons. The summed E-state index contributed by atoms with van der Waals surface area (Å²) in [4.78, 5) is 0. The minimum absolute atomic E-state index is 0.636. The third-order valence-corrected chi connectivity index (χ3v) is 3.31. The lowest BCUT2D eigenvalue weighted by molar-refractivity contribution is 0.975. The Hall–Kier alpha value is -1.34. The van der Waals surface area contributed by atoms with E-state index in [-0.39, 0.29) is 0 Å². The molecule has 1 heteroatoms. The van der Waals surface area contributed by atoms with Gasteiger partial charge >= 0.3 is 0 Å². The first-order valence-electron chi connectivity index (χ1n) is 6.04. The number of fused-ring (bicyclic) bond motifs is 1. The molecule has 0 aliphatic carbocycles. The zero-order valence-corrected chi connectivity index (χ0v) is 10.1. The highest BCUT2D eigenvalue weighted by Gasteiger charge is 2.09. The van der Waals surface area contributed by atoms with E-state index in [2.05, 4.69) is 44.2 Å². The number of nitrogens with two attached hydrogens (primary N) is 1. The van der Waals surface area contributed by atoms with Crippen LogP contribution in [0.5, 0.6) is 0 Å². The molecule has 0 fully saturated rings. The van der Waals surface area contributed by atoms with E-state index in [1.54, 1.807) is 0 Å². The van der Waals surface area contributed by atoms with Crippen molar-refractivity contribution in [3.8, 4) is 0 Å². The summed E-state index contributed by atoms with van der Waals surface area (Å²) in [5, 5.41) is 2.64. The lowest BCUT2D eigenvalue weighted by Crippen LogP contribution is -2.05. The molecule has 0 spiro atoms. The standard InChI is InChI=1S/C15H19N/c1-3-11-9-12-7-5-6-8-14(12)15(10-16)13(11)4-2/h5-9H,3-4,10,16H2,1-2H3. The van der Waals surface area contributed by atoms with Crippen LogP contribution in [0.4, 0.5) is 0 Å². The maximum Gasteiger partial charge on any atom is 0.0187 e. The van der Waals surface area contributed by atoms with Crippen LogP contribution in [-0.4, -0.2) is 0 Å². The zero-order chi connectivity index (χ0) is 11.5. The lowest BCUT2D eigenvalue weighted by Gasteiger charge is -2.15. The highest BCUT2D eigenvalue weighted by atomic mass is 14.5. The molecule has 0 atom stereocenters. The van der Waals surface area contributed by atoms with Crippen LogP contribution < -0.4 is 5.73 Å². The Labute approximate surface area is 97.3 Å². The lowest BCUT2D eigenvalue weighted by atomic mass is 9.91. The van der Waals surface area contributed by atoms with Crippen molar-refractivity contribution in [3.05, 3.63) is 47.0 Å². The normalized spacial score (nSPS) is 10.9. The number of rotatable bonds is 3. The average Bonchev–Trinajstić information content (AvgIpc) is 2.36. The zero-order valence-electron chi connectivity index (χ0n) is 10.1. The summed E-state index contributed by atoms with van der Waals surface area (Å²) in [6.45, 7) is 5.06. The maximum atomic E-state index is 5.92. The molecule has 0 amide bonds. The molecule has 1 nitrogen and oxygen atoms in total. The second-order valence-corrected chi connectivity index (χ2v) is 4.13. The fourth-order valence-corrected chi connectivity index (χ4v) is 2.52. The molecular formula is C15H19N. The first kappa shape index (κ1) is 11.2. The quantitative estimate of drug-likeness (QED) is 0.830. The van der Waals surface area contributed by atoms with Crippen molar-refractivity contribution >= 4 is 10.8 Å². The van der Waals surface area contributed by atoms with Gasteiger partial charge in [-0.05, 0) is 40.3 Å². The molecule has 0 aromatic heterocycles. The number of hydrogen-bond donors (Lipinski definition) is 1. The van der Waals surface area contributed by atoms with Crippen molar-refractivity contribution in [2.75, 3.05) is 0 Å². The summed E-state index contributed by atoms with van der Waals surface area (Å²) in [6, 6.07) is 10.8. The Bertz CT molecular complexity index is 500. The first-order chi connectivity index (χ1) is 7.81. The van der Waals surface area contributed by atoms with Crippen LogP contribution in [0.2, 0.25) is 0 Å². The van der Waals surface area contributed by atoms with Crippen LogP contribution in [0.1, 0.15) is 30.5 Å². The van der Waals surface area contributed by atoms with Crippen LogP contribution in [0.25, 0.3) is 10.8 Å². The fourth-order valence-electron chi connectivity index (χ4n) is 2.52. The molecule has 0 saturated heterocycles. The van der Waals surface area contributed by atoms with Crippen molar-refractivity contribution in [1.82, 2.24) is 0 Å². The second kappa shape index (κ2) is 4.67. The molecule has 0 unspecified atom stereocenters. The third kappa shape index (κ3) is 1.72. The van der Waals surface area contributed by atoms with Gasteiger partial charge in [0, 0.05) is 6.54 Å². The second-order valence-electron chi connectivity index (χ2n) is 4.13. The molecule has 84 valence electrons. The Balaban J connectivity index is 2.82. The topological polar surface area (TPSA) is 26.0 Å². The molecule has 2 N–H and O–H groups in total. The highest BCUT2D eigenvalue weighted by molar-refractivity contribution is 5.87. The Morgan fingerprint density at radius 3 is 2.38 bits per heavy atom. The van der Waals surface area contributed by atoms with Crippen LogP contribution in [0, 0.1) is 0 Å². The summed E-state index contributed by atoms with van der Waals surface area (Å²) >= 11 is 0. The molecule has 16 heavy (non-hydrogen) atoms. The predicted octanol–water partition coefficient (Wildman–Crippen LogP) is 3.42. The molecule has 2 aromatic carbocycles. The Morgan fingerprint density at radius 2 is 1.75 bits per heavy atom. The van der Waals surface area contributed by atoms with Crippen molar-refractivity contribution in [1.29, 1.82) is 0 Å². The summed E-state index contributed by atoms with van der Waals surface area (Å²) in [6.07, 6.45) is 2.15. The van der Waals surface area contributed by atoms with E-state index in [1.165, 1.54) is 27.5 Å². The maximum absolute atomic E-state index is 5.92. The molecule has 0 bridgehead atoms. The van der Waals surface area contributed by atoms with Gasteiger partial charge in [-0.2, -0.15) is 0 Å². The van der Waals surface area contributed by atoms with E-state index in [0.717, 1.165) is 12.8 Å². The molecule has 0 heterocycles. The van der Waals surface area contributed by atoms with Gasteiger partial charge < -0.3 is 5.73 Å². The van der Waals surface area contributed by atoms with Gasteiger partial charge in [0.1, 0.15) is 0 Å². The van der Waals surface area contributed by atoms with E-state index in [0.29, 0.717) is 6.54 Å². The van der Waals surface area contributed by atoms with Gasteiger partial charge in [0.15, 0.2) is 0 Å². The van der Waals surface area contributed by atoms with Gasteiger partial charge in [0.05, 0.1) is 0 Å². The van der Waals surface area contributed by atoms with Crippen LogP contribution >= 0.6 is 0 Å². The molecule has 0 aliphatic rings. The van der Waals surface area contributed by atoms with Gasteiger partial charge in [-0.3, -0.25) is 0 Å². The SMILES string of the molecule is CCc1cc2ccccc2c(CN)c1CC. The summed E-state index contributed by atoms with van der Waals surface area (Å²) in [5.74, 6) is 0. The van der Waals surface area contributed by atoms with Crippen LogP contribution in [-0.2, 0) is 19.4 Å². The summed E-state index contributed by atoms with van der Waals surface area (Å²) in [7, 11) is 0. The third-order valence-electron chi connectivity index (χ3n) is 3.31. The number of benzene rings is 2. The predicted molar refractivity (Wildman–Crippen MR) is 70.6 cm³/mol. The number of hydrogen-bond acceptors (Lipinski definition) is 1. The van der Waals surface area contributed by atoms with E-state index in [1.807, 2.05) is 0 Å². The highest BCUT2D eigenvalue weighted by Crippen LogP contribution is 2.26. The van der Waals surface area contributed by atoms with E-state index in [9.17, 15) is 0 Å². The molecule has 2 aromatic rings. The molecular weight excluding hydrogens is 194 g/mol. The summed E-state index contributed by atoms with van der Waals surface area (Å²) < 4.78 is 0. The van der Waals surface area contributed by atoms with Crippen molar-refractivity contribution in [2.24, 2.45) is 5.73 Å². The fraction of sp³-hybridized carbons (Fsp3) is 0.333. The van der Waals surface area contributed by atoms with Crippen LogP contribution in [0.15, 0.2) is 30.3 Å². The van der Waals surface area contributed by atoms with Crippen LogP contribution in [0.3, 0.4) is 0 Å². The average molecular weight is 213 g/mol. The molecule has 0 saturated carbocycles. The van der Waals surface area contributed by atoms with Crippen molar-refractivity contribution in [2.45, 2.75) is 33.2 Å². The minimum atomic E-state index is 0.636. The monoisotopic (exact) mass is 213 g/mol. The smallest absolute Gasteiger partial charge is 0.0187 e. The van der Waals surface area contributed by atoms with Crippen molar-refractivity contribution in [3.63, 3.8) is 0 Å². The van der Waals surface area contributed by atoms with Gasteiger partial charge in [0.2, 0.25) is 0 Å². The van der Waals surface area contributed by atoms with E-state index < -0.39 is 0 Å². The van der Waals surface area contributed by atoms with Gasteiger partial charge in [-0.15, -0.1) is 0 Å². The Morgan fingerprint density at radius 1 is 1.00 bits per heavy atom. The van der Waals surface area contributed by atoms with Gasteiger partial charge in [-0.25, -0.2) is 0 Å². The minimum Gasteiger partial charge on any atom is -0.326 e. The summed E-state index contributed by atoms with van der Waals surface area (Å²) in [5.41, 5.74) is 10.1. The Kier molecular flexibility index (Phi) is 3.25. The number of aryl methyl sites for hydroxylation is 1. The van der Waals surface area contributed by atoms with Gasteiger partial charge in [-0.1, -0.05) is 44.2 Å². The molecule has 0 aliphatic heterocycles.